The number of phenolic OH excluding ortho intramolecular Hbond substituents is 2. The Morgan fingerprint density at radius 3 is 2.64 bits per heavy atom. The minimum atomic E-state index is -1.91. The van der Waals surface area contributed by atoms with Crippen LogP contribution in [-0.2, 0) is 11.2 Å². The highest BCUT2D eigenvalue weighted by Gasteiger charge is 2.10. The van der Waals surface area contributed by atoms with Gasteiger partial charge in [-0.3, -0.25) is 4.79 Å². The van der Waals surface area contributed by atoms with Crippen LogP contribution in [0, 0.1) is 0 Å². The Labute approximate surface area is 82.4 Å². The largest absolute Gasteiger partial charge is 0.504 e. The molecule has 0 heterocycles. The summed E-state index contributed by atoms with van der Waals surface area (Å²) in [5.74, 6) is -1.55. The summed E-state index contributed by atoms with van der Waals surface area (Å²) in [6.07, 6.45) is -0.129. The summed E-state index contributed by atoms with van der Waals surface area (Å²) in [4.78, 5) is 10.8. The fourth-order valence-electron chi connectivity index (χ4n) is 0.986. The predicted molar refractivity (Wildman–Crippen MR) is 50.6 cm³/mol. The number of hydrogen-bond acceptors (Lipinski definition) is 4. The third-order valence-electron chi connectivity index (χ3n) is 1.75. The maximum atomic E-state index is 10.8. The van der Waals surface area contributed by atoms with Gasteiger partial charge in [-0.15, -0.1) is 0 Å². The Morgan fingerprint density at radius 1 is 1.50 bits per heavy atom. The van der Waals surface area contributed by atoms with Gasteiger partial charge in [-0.2, -0.15) is 0 Å². The number of carbonyl (C=O) groups is 1. The molecule has 1 atom stereocenters. The molecule has 5 heteroatoms. The van der Waals surface area contributed by atoms with Crippen molar-refractivity contribution in [3.63, 3.8) is 0 Å². The lowest BCUT2D eigenvalue weighted by molar-refractivity contribution is -0.119. The first-order valence-electron chi connectivity index (χ1n) is 4.42. The van der Waals surface area contributed by atoms with Gasteiger partial charge in [0.1, 0.15) is 0 Å². The quantitative estimate of drug-likeness (QED) is 0.387. The molecule has 0 saturated heterocycles. The number of amides is 1. The Bertz CT molecular complexity index is 393. The number of primary amides is 1. The molecule has 5 nitrogen and oxygen atoms in total. The van der Waals surface area contributed by atoms with Gasteiger partial charge in [0.15, 0.2) is 11.5 Å². The van der Waals surface area contributed by atoms with E-state index >= 15 is 0 Å². The first-order valence-corrected chi connectivity index (χ1v) is 3.92. The summed E-state index contributed by atoms with van der Waals surface area (Å²) >= 11 is 0. The second-order valence-corrected chi connectivity index (χ2v) is 2.89. The van der Waals surface area contributed by atoms with E-state index in [4.69, 9.17) is 23.1 Å². The van der Waals surface area contributed by atoms with Crippen LogP contribution in [0.5, 0.6) is 11.5 Å². The molecular formula is C9H12N2O3. The molecule has 76 valence electrons. The molecule has 6 N–H and O–H groups in total. The molecule has 1 rings (SSSR count). The van der Waals surface area contributed by atoms with Crippen molar-refractivity contribution >= 4 is 5.91 Å². The van der Waals surface area contributed by atoms with Crippen molar-refractivity contribution in [2.24, 2.45) is 11.5 Å². The Hall–Kier alpha value is -1.75. The van der Waals surface area contributed by atoms with Gasteiger partial charge in [-0.05, 0) is 24.1 Å². The van der Waals surface area contributed by atoms with E-state index in [-0.39, 0.29) is 17.9 Å². The van der Waals surface area contributed by atoms with E-state index in [9.17, 15) is 4.79 Å². The molecule has 0 fully saturated rings. The molecule has 0 bridgehead atoms. The number of hydrogen-bond donors (Lipinski definition) is 4. The molecule has 0 spiro atoms. The molecule has 1 unspecified atom stereocenters. The first-order chi connectivity index (χ1) is 6.83. The second kappa shape index (κ2) is 3.97. The van der Waals surface area contributed by atoms with Gasteiger partial charge in [0.05, 0.1) is 7.39 Å². The van der Waals surface area contributed by atoms with Crippen molar-refractivity contribution in [2.75, 3.05) is 0 Å². The van der Waals surface area contributed by atoms with Gasteiger partial charge < -0.3 is 21.7 Å². The van der Waals surface area contributed by atoms with Crippen LogP contribution in [0.1, 0.15) is 6.93 Å². The number of rotatable bonds is 3. The normalized spacial score (nSPS) is 15.6. The molecule has 1 amide bonds. The molecule has 0 saturated carbocycles. The molecule has 0 aliphatic heterocycles. The van der Waals surface area contributed by atoms with Crippen LogP contribution < -0.4 is 11.5 Å². The van der Waals surface area contributed by atoms with E-state index in [1.54, 1.807) is 0 Å². The van der Waals surface area contributed by atoms with Gasteiger partial charge in [0.2, 0.25) is 5.91 Å². The highest BCUT2D eigenvalue weighted by Crippen LogP contribution is 2.25. The highest BCUT2D eigenvalue weighted by atomic mass is 16.3. The average Bonchev–Trinajstić information content (AvgIpc) is 2.10. The van der Waals surface area contributed by atoms with Crippen molar-refractivity contribution in [3.05, 3.63) is 23.8 Å². The van der Waals surface area contributed by atoms with Gasteiger partial charge >= 0.3 is 0 Å². The Balaban J connectivity index is 2.91. The average molecular weight is 199 g/mol. The van der Waals surface area contributed by atoms with Crippen LogP contribution in [0.15, 0.2) is 18.2 Å². The van der Waals surface area contributed by atoms with Gasteiger partial charge in [-0.1, -0.05) is 6.07 Å². The summed E-state index contributed by atoms with van der Waals surface area (Å²) < 4.78 is 7.40. The van der Waals surface area contributed by atoms with E-state index in [1.165, 1.54) is 18.2 Å². The fraction of sp³-hybridized carbons (Fsp3) is 0.222. The molecule has 0 aliphatic carbocycles. The number of phenols is 2. The van der Waals surface area contributed by atoms with E-state index in [2.05, 4.69) is 0 Å². The summed E-state index contributed by atoms with van der Waals surface area (Å²) in [5.41, 5.74) is 10.7. The summed E-state index contributed by atoms with van der Waals surface area (Å²) in [7, 11) is 0. The lowest BCUT2D eigenvalue weighted by Gasteiger charge is -2.07. The lowest BCUT2D eigenvalue weighted by atomic mass is 10.2. The topological polar surface area (TPSA) is 110 Å². The maximum absolute atomic E-state index is 10.8. The standard InChI is InChI=1S/C9H12N2O3/c10-6(9(11)14)3-5-1-2-7(12)8(13)4-5/h1-2,4,6,12-13H,3,10H2,(H2,11,14)/i6+1D,9+1. The minimum Gasteiger partial charge on any atom is -0.504 e. The molecule has 14 heavy (non-hydrogen) atoms. The number of aromatic hydroxyl groups is 2. The highest BCUT2D eigenvalue weighted by molar-refractivity contribution is 5.79. The molecule has 1 aromatic carbocycles. The van der Waals surface area contributed by atoms with E-state index in [0.29, 0.717) is 5.56 Å². The zero-order valence-corrected chi connectivity index (χ0v) is 7.40. The van der Waals surface area contributed by atoms with Crippen LogP contribution in [0.25, 0.3) is 0 Å². The van der Waals surface area contributed by atoms with Gasteiger partial charge in [0, 0.05) is 0 Å². The monoisotopic (exact) mass is 199 g/mol. The zero-order chi connectivity index (χ0) is 11.6. The van der Waals surface area contributed by atoms with Gasteiger partial charge in [-0.25, -0.2) is 0 Å². The third-order valence-corrected chi connectivity index (χ3v) is 1.75. The summed E-state index contributed by atoms with van der Waals surface area (Å²) in [5, 5.41) is 18.2. The van der Waals surface area contributed by atoms with Crippen LogP contribution in [0.3, 0.4) is 0 Å². The lowest BCUT2D eigenvalue weighted by Crippen LogP contribution is -2.38. The minimum absolute atomic E-state index is 0.129. The SMILES string of the molecule is [2H][13C](N)(Cc1ccc(O)c(O)c1)[13C](N)=O. The Kier molecular flexibility index (Phi) is 2.51. The maximum Gasteiger partial charge on any atom is 0.234 e. The third kappa shape index (κ3) is 2.37. The van der Waals surface area contributed by atoms with E-state index < -0.39 is 11.9 Å². The Morgan fingerprint density at radius 2 is 2.14 bits per heavy atom. The molecule has 0 aliphatic rings. The van der Waals surface area contributed by atoms with Crippen molar-refractivity contribution in [3.8, 4) is 11.5 Å². The predicted octanol–water partition coefficient (Wildman–Crippen LogP) is -0.547. The van der Waals surface area contributed by atoms with Crippen LogP contribution in [0.4, 0.5) is 0 Å². The zero-order valence-electron chi connectivity index (χ0n) is 8.40. The van der Waals surface area contributed by atoms with Crippen molar-refractivity contribution in [2.45, 2.75) is 12.4 Å². The van der Waals surface area contributed by atoms with E-state index in [0.717, 1.165) is 0 Å². The molecule has 0 radical (unpaired) electrons. The van der Waals surface area contributed by atoms with Crippen LogP contribution >= 0.6 is 0 Å². The fourth-order valence-corrected chi connectivity index (χ4v) is 0.986. The summed E-state index contributed by atoms with van der Waals surface area (Å²) in [6, 6.07) is 2.02. The second-order valence-electron chi connectivity index (χ2n) is 2.89. The van der Waals surface area contributed by atoms with Crippen LogP contribution in [0.2, 0.25) is 0 Å². The van der Waals surface area contributed by atoms with Crippen molar-refractivity contribution in [1.82, 2.24) is 0 Å². The first kappa shape index (κ1) is 8.83. The van der Waals surface area contributed by atoms with Crippen LogP contribution in [-0.4, -0.2) is 22.1 Å². The number of benzene rings is 1. The van der Waals surface area contributed by atoms with Crippen molar-refractivity contribution in [1.29, 1.82) is 0 Å². The number of carbonyl (C=O) groups excluding carboxylic acids is 1. The molecule has 1 aromatic rings. The van der Waals surface area contributed by atoms with E-state index in [1.807, 2.05) is 0 Å². The summed E-state index contributed by atoms with van der Waals surface area (Å²) in [6.45, 7) is 0. The molecular weight excluding hydrogens is 186 g/mol. The van der Waals surface area contributed by atoms with Crippen molar-refractivity contribution < 1.29 is 16.4 Å². The number of nitrogens with two attached hydrogens (primary N) is 2. The van der Waals surface area contributed by atoms with Gasteiger partial charge in [0.25, 0.3) is 0 Å². The smallest absolute Gasteiger partial charge is 0.234 e. The molecule has 0 aromatic heterocycles.